The number of carbonyl (C=O) groups is 3. The topological polar surface area (TPSA) is 115 Å². The Balaban J connectivity index is 1.63. The van der Waals surface area contributed by atoms with Gasteiger partial charge in [-0.2, -0.15) is 5.26 Å². The molecule has 3 aromatic rings. The van der Waals surface area contributed by atoms with E-state index in [0.29, 0.717) is 5.69 Å². The first-order valence-electron chi connectivity index (χ1n) is 10.7. The van der Waals surface area contributed by atoms with Crippen LogP contribution in [0.25, 0.3) is 10.9 Å². The summed E-state index contributed by atoms with van der Waals surface area (Å²) in [6.45, 7) is 0.242. The molecule has 3 rings (SSSR count). The molecule has 0 saturated heterocycles. The normalized spacial score (nSPS) is 11.4. The van der Waals surface area contributed by atoms with E-state index in [1.54, 1.807) is 24.3 Å². The van der Waals surface area contributed by atoms with Crippen molar-refractivity contribution >= 4 is 34.4 Å². The summed E-state index contributed by atoms with van der Waals surface area (Å²) >= 11 is 0. The van der Waals surface area contributed by atoms with Crippen molar-refractivity contribution in [3.05, 3.63) is 66.4 Å². The van der Waals surface area contributed by atoms with Crippen molar-refractivity contribution in [3.8, 4) is 6.07 Å². The maximum absolute atomic E-state index is 12.8. The molecular formula is C25H26N4O4. The molecule has 0 aliphatic heterocycles. The molecule has 0 aliphatic rings. The number of rotatable bonds is 10. The number of nitriles is 1. The fraction of sp³-hybridized carbons (Fsp3) is 0.280. The number of hydrogen-bond donors (Lipinski definition) is 2. The van der Waals surface area contributed by atoms with Crippen LogP contribution in [0.3, 0.4) is 0 Å². The van der Waals surface area contributed by atoms with E-state index >= 15 is 0 Å². The highest BCUT2D eigenvalue weighted by molar-refractivity contribution is 5.96. The van der Waals surface area contributed by atoms with E-state index < -0.39 is 17.9 Å². The molecule has 1 aromatic heterocycles. The van der Waals surface area contributed by atoms with Gasteiger partial charge in [-0.1, -0.05) is 36.4 Å². The van der Waals surface area contributed by atoms with Gasteiger partial charge in [-0.15, -0.1) is 0 Å². The van der Waals surface area contributed by atoms with Gasteiger partial charge in [-0.25, -0.2) is 4.79 Å². The Morgan fingerprint density at radius 1 is 1.09 bits per heavy atom. The molecule has 2 N–H and O–H groups in total. The summed E-state index contributed by atoms with van der Waals surface area (Å²) in [6, 6.07) is 17.9. The van der Waals surface area contributed by atoms with Gasteiger partial charge in [0.15, 0.2) is 0 Å². The quantitative estimate of drug-likeness (QED) is 0.465. The lowest BCUT2D eigenvalue weighted by molar-refractivity contribution is -0.145. The van der Waals surface area contributed by atoms with Gasteiger partial charge < -0.3 is 19.9 Å². The fourth-order valence-corrected chi connectivity index (χ4v) is 3.65. The zero-order valence-corrected chi connectivity index (χ0v) is 18.4. The van der Waals surface area contributed by atoms with E-state index in [4.69, 9.17) is 10.00 Å². The van der Waals surface area contributed by atoms with Gasteiger partial charge in [0.2, 0.25) is 11.8 Å². The van der Waals surface area contributed by atoms with Crippen molar-refractivity contribution in [3.63, 3.8) is 0 Å². The average Bonchev–Trinajstić information content (AvgIpc) is 3.25. The molecule has 0 fully saturated rings. The van der Waals surface area contributed by atoms with Crippen molar-refractivity contribution < 1.29 is 19.1 Å². The number of hydrogen-bond acceptors (Lipinski definition) is 5. The van der Waals surface area contributed by atoms with E-state index in [9.17, 15) is 14.4 Å². The fourth-order valence-electron chi connectivity index (χ4n) is 3.65. The van der Waals surface area contributed by atoms with Crippen LogP contribution in [0.2, 0.25) is 0 Å². The van der Waals surface area contributed by atoms with E-state index in [0.717, 1.165) is 16.5 Å². The van der Waals surface area contributed by atoms with E-state index in [1.807, 2.05) is 42.6 Å². The minimum atomic E-state index is -0.874. The number of anilines is 1. The number of nitrogens with zero attached hydrogens (tertiary/aromatic N) is 2. The molecule has 170 valence electrons. The lowest BCUT2D eigenvalue weighted by Crippen LogP contribution is -2.43. The van der Waals surface area contributed by atoms with Gasteiger partial charge >= 0.3 is 5.97 Å². The number of carbonyl (C=O) groups excluding carboxylic acids is 3. The highest BCUT2D eigenvalue weighted by Crippen LogP contribution is 2.20. The maximum Gasteiger partial charge on any atom is 0.328 e. The predicted octanol–water partition coefficient (Wildman–Crippen LogP) is 3.10. The van der Waals surface area contributed by atoms with Crippen LogP contribution in [0.4, 0.5) is 5.69 Å². The third kappa shape index (κ3) is 6.20. The van der Waals surface area contributed by atoms with Crippen LogP contribution in [0, 0.1) is 11.3 Å². The molecule has 33 heavy (non-hydrogen) atoms. The summed E-state index contributed by atoms with van der Waals surface area (Å²) in [5.41, 5.74) is 2.49. The lowest BCUT2D eigenvalue weighted by Gasteiger charge is -2.22. The molecule has 0 radical (unpaired) electrons. The second kappa shape index (κ2) is 11.5. The molecule has 0 unspecified atom stereocenters. The first kappa shape index (κ1) is 23.5. The molecule has 0 aliphatic carbocycles. The third-order valence-electron chi connectivity index (χ3n) is 5.30. The van der Waals surface area contributed by atoms with Crippen LogP contribution < -0.4 is 10.2 Å². The minimum absolute atomic E-state index is 0.0485. The Bertz CT molecular complexity index is 1150. The molecule has 0 saturated carbocycles. The lowest BCUT2D eigenvalue weighted by atomic mass is 10.0. The van der Waals surface area contributed by atoms with Gasteiger partial charge in [0.25, 0.3) is 0 Å². The van der Waals surface area contributed by atoms with Gasteiger partial charge in [0.1, 0.15) is 6.04 Å². The number of para-hydroxylation sites is 2. The number of amides is 2. The van der Waals surface area contributed by atoms with Crippen molar-refractivity contribution in [2.24, 2.45) is 0 Å². The third-order valence-corrected chi connectivity index (χ3v) is 5.30. The van der Waals surface area contributed by atoms with Crippen LogP contribution in [-0.4, -0.2) is 42.5 Å². The number of H-pyrrole nitrogens is 1. The number of ether oxygens (including phenoxy) is 1. The number of aromatic nitrogens is 1. The number of aromatic amines is 1. The van der Waals surface area contributed by atoms with E-state index in [-0.39, 0.29) is 38.1 Å². The summed E-state index contributed by atoms with van der Waals surface area (Å²) < 4.78 is 4.87. The van der Waals surface area contributed by atoms with Crippen LogP contribution in [0.15, 0.2) is 60.8 Å². The number of benzene rings is 2. The Hall–Kier alpha value is -4.12. The standard InChI is InChI=1S/C25H26N4O4/c1-33-25(32)22(16-18-17-27-21-11-6-5-10-20(18)21)28-23(30)12-13-24(31)29(15-7-14-26)19-8-3-2-4-9-19/h2-6,8-11,17,22,27H,7,12-13,15-16H2,1H3,(H,28,30)/t22-/m1/s1. The summed E-state index contributed by atoms with van der Waals surface area (Å²) in [5.74, 6) is -1.25. The highest BCUT2D eigenvalue weighted by Gasteiger charge is 2.24. The molecule has 2 amide bonds. The Labute approximate surface area is 192 Å². The SMILES string of the molecule is COC(=O)[C@@H](Cc1c[nH]c2ccccc12)NC(=O)CCC(=O)N(CCC#N)c1ccccc1. The highest BCUT2D eigenvalue weighted by atomic mass is 16.5. The zero-order valence-electron chi connectivity index (χ0n) is 18.4. The number of methoxy groups -OCH3 is 1. The second-order valence-electron chi connectivity index (χ2n) is 7.50. The van der Waals surface area contributed by atoms with Crippen molar-refractivity contribution in [2.75, 3.05) is 18.6 Å². The maximum atomic E-state index is 12.8. The second-order valence-corrected chi connectivity index (χ2v) is 7.50. The number of fused-ring (bicyclic) bond motifs is 1. The van der Waals surface area contributed by atoms with Crippen LogP contribution in [0.1, 0.15) is 24.8 Å². The van der Waals surface area contributed by atoms with Crippen LogP contribution in [-0.2, 0) is 25.5 Å². The van der Waals surface area contributed by atoms with Crippen molar-refractivity contribution in [1.29, 1.82) is 5.26 Å². The summed E-state index contributed by atoms with van der Waals surface area (Å²) in [4.78, 5) is 42.3. The van der Waals surface area contributed by atoms with Crippen molar-refractivity contribution in [1.82, 2.24) is 10.3 Å². The Morgan fingerprint density at radius 2 is 1.82 bits per heavy atom. The van der Waals surface area contributed by atoms with Crippen LogP contribution >= 0.6 is 0 Å². The monoisotopic (exact) mass is 446 g/mol. The first-order chi connectivity index (χ1) is 16.0. The van der Waals surface area contributed by atoms with Gasteiger partial charge in [0.05, 0.1) is 19.6 Å². The Morgan fingerprint density at radius 3 is 2.55 bits per heavy atom. The van der Waals surface area contributed by atoms with Gasteiger partial charge in [0, 0.05) is 48.6 Å². The minimum Gasteiger partial charge on any atom is -0.467 e. The van der Waals surface area contributed by atoms with E-state index in [1.165, 1.54) is 12.0 Å². The van der Waals surface area contributed by atoms with E-state index in [2.05, 4.69) is 10.3 Å². The molecule has 2 aromatic carbocycles. The average molecular weight is 447 g/mol. The smallest absolute Gasteiger partial charge is 0.328 e. The summed E-state index contributed by atoms with van der Waals surface area (Å²) in [7, 11) is 1.27. The van der Waals surface area contributed by atoms with Gasteiger partial charge in [-0.05, 0) is 23.8 Å². The molecule has 1 atom stereocenters. The predicted molar refractivity (Wildman–Crippen MR) is 124 cm³/mol. The molecule has 0 spiro atoms. The van der Waals surface area contributed by atoms with Gasteiger partial charge in [-0.3, -0.25) is 9.59 Å². The zero-order chi connectivity index (χ0) is 23.6. The number of esters is 1. The molecule has 8 nitrogen and oxygen atoms in total. The number of nitrogens with one attached hydrogen (secondary N) is 2. The molecule has 1 heterocycles. The molecule has 8 heteroatoms. The Kier molecular flexibility index (Phi) is 8.19. The van der Waals surface area contributed by atoms with Crippen LogP contribution in [0.5, 0.6) is 0 Å². The summed E-state index contributed by atoms with van der Waals surface area (Å²) in [6.07, 6.45) is 2.11. The molecule has 0 bridgehead atoms. The largest absolute Gasteiger partial charge is 0.467 e. The summed E-state index contributed by atoms with van der Waals surface area (Å²) in [5, 5.41) is 12.6. The molecular weight excluding hydrogens is 420 g/mol. The van der Waals surface area contributed by atoms with Crippen molar-refractivity contribution in [2.45, 2.75) is 31.7 Å². The first-order valence-corrected chi connectivity index (χ1v) is 10.7.